The van der Waals surface area contributed by atoms with Crippen molar-refractivity contribution < 1.29 is 22.6 Å². The smallest absolute Gasteiger partial charge is 0.422 e. The largest absolute Gasteiger partial charge is 0.484 e. The molecule has 0 saturated carbocycles. The topological polar surface area (TPSA) is 52.4 Å². The summed E-state index contributed by atoms with van der Waals surface area (Å²) in [4.78, 5) is 2.26. The van der Waals surface area contributed by atoms with Crippen molar-refractivity contribution in [2.45, 2.75) is 55.4 Å². The van der Waals surface area contributed by atoms with Crippen molar-refractivity contribution in [3.05, 3.63) is 29.8 Å². The van der Waals surface area contributed by atoms with Crippen LogP contribution in [-0.2, 0) is 17.0 Å². The number of ether oxygens (including phenoxy) is 2. The number of alkyl halides is 3. The molecule has 0 bridgehead atoms. The second-order valence-corrected chi connectivity index (χ2v) is 8.50. The summed E-state index contributed by atoms with van der Waals surface area (Å²) in [5.41, 5.74) is 0.870. The molecule has 2 aliphatic rings. The van der Waals surface area contributed by atoms with E-state index < -0.39 is 12.8 Å². The zero-order chi connectivity index (χ0) is 21.0. The number of nitrogens with zero attached hydrogens (tertiary/aromatic N) is 4. The van der Waals surface area contributed by atoms with E-state index in [0.29, 0.717) is 5.75 Å². The molecule has 1 atom stereocenters. The molecule has 2 saturated heterocycles. The van der Waals surface area contributed by atoms with Gasteiger partial charge in [-0.1, -0.05) is 23.9 Å². The molecule has 30 heavy (non-hydrogen) atoms. The lowest BCUT2D eigenvalue weighted by molar-refractivity contribution is -0.153. The van der Waals surface area contributed by atoms with Gasteiger partial charge in [0.1, 0.15) is 5.75 Å². The van der Waals surface area contributed by atoms with Crippen LogP contribution in [0.3, 0.4) is 0 Å². The highest BCUT2D eigenvalue weighted by atomic mass is 32.2. The molecular formula is C20H25F3N4O2S. The number of thioether (sulfide) groups is 1. The summed E-state index contributed by atoms with van der Waals surface area (Å²) in [5, 5.41) is 9.65. The van der Waals surface area contributed by atoms with Gasteiger partial charge in [-0.25, -0.2) is 0 Å². The minimum Gasteiger partial charge on any atom is -0.484 e. The lowest BCUT2D eigenvalue weighted by Crippen LogP contribution is -2.25. The van der Waals surface area contributed by atoms with Gasteiger partial charge in [0.2, 0.25) is 5.95 Å². The lowest BCUT2D eigenvalue weighted by atomic mass is 10.2. The number of aromatic nitrogens is 3. The Hall–Kier alpha value is -1.94. The zero-order valence-corrected chi connectivity index (χ0v) is 17.4. The van der Waals surface area contributed by atoms with Gasteiger partial charge >= 0.3 is 6.18 Å². The molecule has 0 spiro atoms. The zero-order valence-electron chi connectivity index (χ0n) is 16.6. The van der Waals surface area contributed by atoms with E-state index in [1.807, 2.05) is 6.07 Å². The van der Waals surface area contributed by atoms with Crippen LogP contribution in [0.4, 0.5) is 19.1 Å². The Morgan fingerprint density at radius 3 is 2.73 bits per heavy atom. The summed E-state index contributed by atoms with van der Waals surface area (Å²) in [7, 11) is 0. The van der Waals surface area contributed by atoms with Crippen molar-refractivity contribution in [2.24, 2.45) is 0 Å². The molecule has 2 aromatic rings. The maximum absolute atomic E-state index is 12.4. The lowest BCUT2D eigenvalue weighted by Gasteiger charge is -2.20. The number of hydrogen-bond donors (Lipinski definition) is 0. The van der Waals surface area contributed by atoms with E-state index in [4.69, 9.17) is 9.47 Å². The Labute approximate surface area is 177 Å². The number of hydrogen-bond acceptors (Lipinski definition) is 6. The molecule has 164 valence electrons. The Kier molecular flexibility index (Phi) is 6.72. The van der Waals surface area contributed by atoms with Crippen molar-refractivity contribution in [1.82, 2.24) is 14.8 Å². The molecule has 10 heteroatoms. The van der Waals surface area contributed by atoms with Crippen LogP contribution in [0, 0.1) is 0 Å². The van der Waals surface area contributed by atoms with Crippen LogP contribution in [0.2, 0.25) is 0 Å². The third-order valence-corrected chi connectivity index (χ3v) is 6.20. The minimum atomic E-state index is -4.35. The van der Waals surface area contributed by atoms with Gasteiger partial charge in [0.25, 0.3) is 0 Å². The highest BCUT2D eigenvalue weighted by Gasteiger charge is 2.28. The Bertz CT molecular complexity index is 834. The van der Waals surface area contributed by atoms with Gasteiger partial charge in [-0.3, -0.25) is 4.57 Å². The van der Waals surface area contributed by atoms with Gasteiger partial charge in [0.15, 0.2) is 11.8 Å². The predicted octanol–water partition coefficient (Wildman–Crippen LogP) is 4.29. The van der Waals surface area contributed by atoms with Gasteiger partial charge in [0, 0.05) is 25.4 Å². The Morgan fingerprint density at radius 2 is 2.00 bits per heavy atom. The van der Waals surface area contributed by atoms with Crippen LogP contribution in [0.15, 0.2) is 29.4 Å². The highest BCUT2D eigenvalue weighted by molar-refractivity contribution is 7.98. The van der Waals surface area contributed by atoms with E-state index in [2.05, 4.69) is 19.7 Å². The molecule has 0 amide bonds. The maximum Gasteiger partial charge on any atom is 0.422 e. The van der Waals surface area contributed by atoms with E-state index >= 15 is 0 Å². The van der Waals surface area contributed by atoms with Gasteiger partial charge in [-0.15, -0.1) is 10.2 Å². The number of rotatable bonds is 8. The third kappa shape index (κ3) is 5.60. The number of halogens is 3. The molecule has 6 nitrogen and oxygen atoms in total. The number of benzene rings is 1. The van der Waals surface area contributed by atoms with Gasteiger partial charge in [-0.05, 0) is 43.4 Å². The fraction of sp³-hybridized carbons (Fsp3) is 0.600. The van der Waals surface area contributed by atoms with Crippen molar-refractivity contribution in [2.75, 3.05) is 31.2 Å². The van der Waals surface area contributed by atoms with Gasteiger partial charge < -0.3 is 14.4 Å². The van der Waals surface area contributed by atoms with Crippen LogP contribution in [-0.4, -0.2) is 53.3 Å². The fourth-order valence-corrected chi connectivity index (χ4v) is 4.61. The van der Waals surface area contributed by atoms with Crippen LogP contribution in [0.5, 0.6) is 5.75 Å². The van der Waals surface area contributed by atoms with E-state index in [-0.39, 0.29) is 11.9 Å². The average molecular weight is 443 g/mol. The van der Waals surface area contributed by atoms with Crippen molar-refractivity contribution in [3.8, 4) is 5.75 Å². The van der Waals surface area contributed by atoms with Crippen molar-refractivity contribution >= 4 is 17.7 Å². The molecule has 0 N–H and O–H groups in total. The van der Waals surface area contributed by atoms with Crippen LogP contribution in [0.25, 0.3) is 0 Å². The summed E-state index contributed by atoms with van der Waals surface area (Å²) in [5.74, 6) is 1.66. The SMILES string of the molecule is FC(F)(F)COc1cccc(CSc2nnc(N3CCCC3)n2CC2CCCO2)c1. The highest BCUT2D eigenvalue weighted by Crippen LogP contribution is 2.30. The Balaban J connectivity index is 1.45. The molecule has 1 aromatic carbocycles. The second-order valence-electron chi connectivity index (χ2n) is 7.56. The minimum absolute atomic E-state index is 0.167. The Morgan fingerprint density at radius 1 is 1.17 bits per heavy atom. The van der Waals surface area contributed by atoms with Crippen molar-refractivity contribution in [1.29, 1.82) is 0 Å². The average Bonchev–Trinajstić information content (AvgIpc) is 3.47. The first-order chi connectivity index (χ1) is 14.5. The van der Waals surface area contributed by atoms with Gasteiger partial charge in [-0.2, -0.15) is 13.2 Å². The summed E-state index contributed by atoms with van der Waals surface area (Å²) in [6.45, 7) is 2.17. The van der Waals surface area contributed by atoms with E-state index in [1.54, 1.807) is 12.1 Å². The number of anilines is 1. The quantitative estimate of drug-likeness (QED) is 0.569. The molecule has 0 aliphatic carbocycles. The normalized spacial score (nSPS) is 19.6. The molecule has 1 aromatic heterocycles. The molecule has 4 rings (SSSR count). The summed E-state index contributed by atoms with van der Waals surface area (Å²) in [6.07, 6.45) is 0.218. The second kappa shape index (κ2) is 9.47. The molecule has 2 aliphatic heterocycles. The first-order valence-corrected chi connectivity index (χ1v) is 11.2. The predicted molar refractivity (Wildman–Crippen MR) is 108 cm³/mol. The van der Waals surface area contributed by atoms with E-state index in [9.17, 15) is 13.2 Å². The summed E-state index contributed by atoms with van der Waals surface area (Å²) < 4.78 is 50.0. The molecule has 1 unspecified atom stereocenters. The first-order valence-electron chi connectivity index (χ1n) is 10.2. The molecular weight excluding hydrogens is 417 g/mol. The summed E-state index contributed by atoms with van der Waals surface area (Å²) >= 11 is 1.52. The standard InChI is InChI=1S/C20H25F3N4O2S/c21-20(22,23)14-29-16-6-3-5-15(11-16)13-30-19-25-24-18(26-8-1-2-9-26)27(19)12-17-7-4-10-28-17/h3,5-6,11,17H,1-2,4,7-10,12-14H2. The molecule has 2 fully saturated rings. The van der Waals surface area contributed by atoms with Crippen LogP contribution in [0.1, 0.15) is 31.2 Å². The van der Waals surface area contributed by atoms with Crippen LogP contribution < -0.4 is 9.64 Å². The van der Waals surface area contributed by atoms with Gasteiger partial charge in [0.05, 0.1) is 12.6 Å². The maximum atomic E-state index is 12.4. The van der Waals surface area contributed by atoms with Crippen molar-refractivity contribution in [3.63, 3.8) is 0 Å². The fourth-order valence-electron chi connectivity index (χ4n) is 3.73. The third-order valence-electron chi connectivity index (χ3n) is 5.17. The van der Waals surface area contributed by atoms with Crippen LogP contribution >= 0.6 is 11.8 Å². The first kappa shape index (κ1) is 21.3. The monoisotopic (exact) mass is 442 g/mol. The molecule has 0 radical (unpaired) electrons. The van der Waals surface area contributed by atoms with E-state index in [1.165, 1.54) is 17.8 Å². The van der Waals surface area contributed by atoms with E-state index in [0.717, 1.165) is 68.6 Å². The summed E-state index contributed by atoms with van der Waals surface area (Å²) in [6, 6.07) is 6.75. The molecule has 3 heterocycles.